The Balaban J connectivity index is 1.53. The van der Waals surface area contributed by atoms with E-state index in [1.807, 2.05) is 0 Å². The summed E-state index contributed by atoms with van der Waals surface area (Å²) in [6, 6.07) is 4.92. The van der Waals surface area contributed by atoms with E-state index in [1.165, 1.54) is 25.3 Å². The van der Waals surface area contributed by atoms with Crippen LogP contribution < -0.4 is 0 Å². The Hall–Kier alpha value is -3.70. The number of fused-ring (bicyclic) bond motifs is 6. The highest BCUT2D eigenvalue weighted by Crippen LogP contribution is 2.47. The van der Waals surface area contributed by atoms with Crippen LogP contribution in [-0.4, -0.2) is 107 Å². The minimum Gasteiger partial charge on any atom is -0.493 e. The SMILES string of the molecule is C=C1C[C@H](O)C[C@@H]2CCC[C@H](C[C@@H]3CCO[C@H](/C=C/C(C)(C)[C@]4(O)OC(C/C(=C\C(=O)OC)[C@@H]4OC(=O)c4cccc([N+](=O)[O-])c4)CC(CO)O1)O3)O2. The maximum absolute atomic E-state index is 13.6. The Labute approximate surface area is 308 Å². The molecule has 53 heavy (non-hydrogen) atoms. The molecule has 6 bridgehead atoms. The van der Waals surface area contributed by atoms with Crippen LogP contribution in [0.4, 0.5) is 5.69 Å². The molecule has 4 aliphatic rings. The van der Waals surface area contributed by atoms with E-state index in [2.05, 4.69) is 6.58 Å². The van der Waals surface area contributed by atoms with E-state index in [0.29, 0.717) is 25.9 Å². The summed E-state index contributed by atoms with van der Waals surface area (Å²) in [6.07, 6.45) is 3.25. The Morgan fingerprint density at radius 2 is 1.81 bits per heavy atom. The zero-order chi connectivity index (χ0) is 38.3. The summed E-state index contributed by atoms with van der Waals surface area (Å²) in [7, 11) is 1.17. The molecule has 2 unspecified atom stereocenters. The van der Waals surface area contributed by atoms with Gasteiger partial charge in [0.15, 0.2) is 12.4 Å². The van der Waals surface area contributed by atoms with Gasteiger partial charge in [-0.05, 0) is 62.7 Å². The summed E-state index contributed by atoms with van der Waals surface area (Å²) < 4.78 is 41.8. The van der Waals surface area contributed by atoms with Crippen molar-refractivity contribution in [2.45, 2.75) is 126 Å². The highest BCUT2D eigenvalue weighted by molar-refractivity contribution is 5.90. The second-order valence-electron chi connectivity index (χ2n) is 14.7. The third-order valence-electron chi connectivity index (χ3n) is 10.2. The second kappa shape index (κ2) is 17.6. The summed E-state index contributed by atoms with van der Waals surface area (Å²) in [5.41, 5.74) is -1.79. The average molecular weight is 746 g/mol. The molecule has 1 aromatic rings. The van der Waals surface area contributed by atoms with Crippen LogP contribution in [0.2, 0.25) is 0 Å². The van der Waals surface area contributed by atoms with E-state index in [9.17, 15) is 35.0 Å². The summed E-state index contributed by atoms with van der Waals surface area (Å²) >= 11 is 0. The predicted molar refractivity (Wildman–Crippen MR) is 187 cm³/mol. The molecule has 15 heteroatoms. The highest BCUT2D eigenvalue weighted by Gasteiger charge is 2.57. The first kappa shape index (κ1) is 40.5. The standard InChI is InChI=1S/C38H51NO14/c1-23-15-27(41)19-28-9-6-10-29(50-28)20-30-12-14-48-34(51-30)11-13-37(2,3)38(44)35(52-36(43)24-7-5-8-26(16-24)39(45)46)25(18-33(42)47-4)17-31(53-38)21-32(22-40)49-23/h5,7-8,11,13,16,18,27-32,34-35,40-41,44H,1,6,9-10,12,14-15,17,19-22H2,2-4H3/b13-11+,25-18+/t27-,28-,29+,30-,31?,32?,34-,35-,38+/m0/s1. The van der Waals surface area contributed by atoms with Crippen LogP contribution >= 0.6 is 0 Å². The van der Waals surface area contributed by atoms with Gasteiger partial charge < -0.3 is 48.5 Å². The number of non-ortho nitro benzene ring substituents is 1. The number of aliphatic hydroxyl groups is 3. The maximum atomic E-state index is 13.6. The lowest BCUT2D eigenvalue weighted by Crippen LogP contribution is -2.62. The number of carbonyl (C=O) groups excluding carboxylic acids is 2. The zero-order valence-electron chi connectivity index (χ0n) is 30.4. The number of esters is 2. The lowest BCUT2D eigenvalue weighted by atomic mass is 9.74. The zero-order valence-corrected chi connectivity index (χ0v) is 30.4. The van der Waals surface area contributed by atoms with Crippen LogP contribution in [0.25, 0.3) is 0 Å². The summed E-state index contributed by atoms with van der Waals surface area (Å²) in [5.74, 6) is -3.97. The van der Waals surface area contributed by atoms with Crippen LogP contribution in [0.1, 0.15) is 82.0 Å². The molecule has 3 saturated heterocycles. The molecule has 1 aromatic carbocycles. The molecular weight excluding hydrogens is 694 g/mol. The van der Waals surface area contributed by atoms with Gasteiger partial charge in [-0.15, -0.1) is 0 Å². The third-order valence-corrected chi connectivity index (χ3v) is 10.2. The maximum Gasteiger partial charge on any atom is 0.339 e. The molecule has 3 fully saturated rings. The van der Waals surface area contributed by atoms with Gasteiger partial charge in [-0.3, -0.25) is 10.1 Å². The smallest absolute Gasteiger partial charge is 0.339 e. The number of rotatable bonds is 5. The molecule has 0 aliphatic carbocycles. The predicted octanol–water partition coefficient (Wildman–Crippen LogP) is 4.17. The Bertz CT molecular complexity index is 1540. The van der Waals surface area contributed by atoms with E-state index in [0.717, 1.165) is 31.4 Å². The van der Waals surface area contributed by atoms with Crippen molar-refractivity contribution in [1.82, 2.24) is 0 Å². The number of hydrogen-bond donors (Lipinski definition) is 3. The number of ether oxygens (including phenoxy) is 7. The van der Waals surface area contributed by atoms with E-state index in [4.69, 9.17) is 33.2 Å². The van der Waals surface area contributed by atoms with Crippen molar-refractivity contribution in [3.63, 3.8) is 0 Å². The lowest BCUT2D eigenvalue weighted by Gasteiger charge is -2.51. The number of nitro benzene ring substituents is 1. The van der Waals surface area contributed by atoms with Crippen molar-refractivity contribution < 1.29 is 63.0 Å². The van der Waals surface area contributed by atoms with Gasteiger partial charge in [-0.2, -0.15) is 0 Å². The molecule has 0 radical (unpaired) electrons. The number of carbonyl (C=O) groups is 2. The van der Waals surface area contributed by atoms with Gasteiger partial charge >= 0.3 is 11.9 Å². The monoisotopic (exact) mass is 745 g/mol. The van der Waals surface area contributed by atoms with Gasteiger partial charge in [0.1, 0.15) is 6.10 Å². The largest absolute Gasteiger partial charge is 0.493 e. The normalized spacial score (nSPS) is 35.3. The highest BCUT2D eigenvalue weighted by atomic mass is 16.7. The molecule has 15 nitrogen and oxygen atoms in total. The molecule has 4 aliphatic heterocycles. The average Bonchev–Trinajstić information content (AvgIpc) is 3.11. The van der Waals surface area contributed by atoms with Gasteiger partial charge in [0.2, 0.25) is 5.79 Å². The fraction of sp³-hybridized carbons (Fsp3) is 0.632. The van der Waals surface area contributed by atoms with Crippen LogP contribution in [0, 0.1) is 15.5 Å². The number of hydrogen-bond acceptors (Lipinski definition) is 14. The molecule has 292 valence electrons. The van der Waals surface area contributed by atoms with E-state index < -0.39 is 65.4 Å². The topological polar surface area (TPSA) is 203 Å². The van der Waals surface area contributed by atoms with Crippen LogP contribution in [0.3, 0.4) is 0 Å². The van der Waals surface area contributed by atoms with Crippen LogP contribution in [-0.2, 0) is 38.0 Å². The van der Waals surface area contributed by atoms with E-state index in [-0.39, 0.29) is 60.2 Å². The minimum absolute atomic E-state index is 0.0122. The molecule has 4 heterocycles. The summed E-state index contributed by atoms with van der Waals surface area (Å²) in [6.45, 7) is 7.20. The van der Waals surface area contributed by atoms with Crippen molar-refractivity contribution in [2.24, 2.45) is 5.41 Å². The van der Waals surface area contributed by atoms with Gasteiger partial charge in [-0.25, -0.2) is 9.59 Å². The molecular formula is C38H51NO14. The molecule has 0 aromatic heterocycles. The van der Waals surface area contributed by atoms with Gasteiger partial charge in [0, 0.05) is 36.5 Å². The number of methoxy groups -OCH3 is 1. The number of nitrogens with zero attached hydrogens (tertiary/aromatic N) is 1. The minimum atomic E-state index is -2.39. The Kier molecular flexibility index (Phi) is 13.5. The molecule has 5 rings (SSSR count). The molecule has 9 atom stereocenters. The summed E-state index contributed by atoms with van der Waals surface area (Å²) in [5, 5.41) is 45.4. The number of nitro groups is 1. The van der Waals surface area contributed by atoms with Crippen molar-refractivity contribution >= 4 is 17.6 Å². The van der Waals surface area contributed by atoms with Gasteiger partial charge in [0.05, 0.1) is 67.1 Å². The van der Waals surface area contributed by atoms with E-state index >= 15 is 0 Å². The lowest BCUT2D eigenvalue weighted by molar-refractivity contribution is -0.384. The molecule has 3 N–H and O–H groups in total. The van der Waals surface area contributed by atoms with Crippen molar-refractivity contribution in [3.05, 3.63) is 76.1 Å². The number of benzene rings is 1. The quantitative estimate of drug-likeness (QED) is 0.127. The second-order valence-corrected chi connectivity index (χ2v) is 14.7. The van der Waals surface area contributed by atoms with Crippen LogP contribution in [0.15, 0.2) is 60.4 Å². The van der Waals surface area contributed by atoms with Gasteiger partial charge in [-0.1, -0.05) is 32.6 Å². The first-order chi connectivity index (χ1) is 25.2. The van der Waals surface area contributed by atoms with Crippen LogP contribution in [0.5, 0.6) is 0 Å². The van der Waals surface area contributed by atoms with E-state index in [1.54, 1.807) is 26.0 Å². The number of aliphatic hydroxyl groups excluding tert-OH is 2. The molecule has 0 saturated carbocycles. The summed E-state index contributed by atoms with van der Waals surface area (Å²) in [4.78, 5) is 37.1. The fourth-order valence-corrected chi connectivity index (χ4v) is 7.36. The third kappa shape index (κ3) is 10.3. The Morgan fingerprint density at radius 1 is 1.08 bits per heavy atom. The van der Waals surface area contributed by atoms with Crippen molar-refractivity contribution in [1.29, 1.82) is 0 Å². The first-order valence-electron chi connectivity index (χ1n) is 18.1. The van der Waals surface area contributed by atoms with Crippen molar-refractivity contribution in [2.75, 3.05) is 20.3 Å². The van der Waals surface area contributed by atoms with Gasteiger partial charge in [0.25, 0.3) is 5.69 Å². The first-order valence-corrected chi connectivity index (χ1v) is 18.1. The molecule has 0 spiro atoms. The fourth-order valence-electron chi connectivity index (χ4n) is 7.36. The van der Waals surface area contributed by atoms with Crippen molar-refractivity contribution in [3.8, 4) is 0 Å². The Morgan fingerprint density at radius 3 is 2.53 bits per heavy atom. The molecule has 0 amide bonds.